The largest absolute Gasteiger partial charge is 0.351 e. The van der Waals surface area contributed by atoms with Crippen molar-refractivity contribution >= 4 is 32.7 Å². The van der Waals surface area contributed by atoms with E-state index in [1.807, 2.05) is 24.3 Å². The number of nitrogens with zero attached hydrogens (tertiary/aromatic N) is 1. The Morgan fingerprint density at radius 3 is 2.84 bits per heavy atom. The van der Waals surface area contributed by atoms with Crippen molar-refractivity contribution in [2.45, 2.75) is 33.2 Å². The van der Waals surface area contributed by atoms with Crippen molar-refractivity contribution in [1.29, 1.82) is 0 Å². The molecule has 102 valence electrons. The molecule has 0 atom stereocenters. The van der Waals surface area contributed by atoms with E-state index in [2.05, 4.69) is 39.7 Å². The van der Waals surface area contributed by atoms with Gasteiger partial charge in [-0.25, -0.2) is 0 Å². The number of halogens is 1. The summed E-state index contributed by atoms with van der Waals surface area (Å²) in [7, 11) is 0. The summed E-state index contributed by atoms with van der Waals surface area (Å²) in [5.74, 6) is 0.0124. The number of benzene rings is 1. The van der Waals surface area contributed by atoms with Crippen LogP contribution >= 0.6 is 15.9 Å². The molecule has 1 heterocycles. The van der Waals surface area contributed by atoms with E-state index in [4.69, 9.17) is 0 Å². The highest BCUT2D eigenvalue weighted by Crippen LogP contribution is 2.27. The minimum atomic E-state index is 0.0124. The fourth-order valence-corrected chi connectivity index (χ4v) is 2.86. The zero-order valence-electron chi connectivity index (χ0n) is 11.4. The average Bonchev–Trinajstić information content (AvgIpc) is 2.79. The molecular weight excluding hydrogens is 304 g/mol. The number of fused-ring (bicyclic) bond motifs is 1. The lowest BCUT2D eigenvalue weighted by atomic mass is 10.2. The molecule has 4 heteroatoms. The van der Waals surface area contributed by atoms with Gasteiger partial charge in [0, 0.05) is 22.9 Å². The van der Waals surface area contributed by atoms with Gasteiger partial charge in [0.2, 0.25) is 0 Å². The number of para-hydroxylation sites is 1. The number of aryl methyl sites for hydroxylation is 1. The normalized spacial score (nSPS) is 10.9. The summed E-state index contributed by atoms with van der Waals surface area (Å²) in [6, 6.07) is 8.00. The summed E-state index contributed by atoms with van der Waals surface area (Å²) in [6.07, 6.45) is 2.10. The molecule has 3 nitrogen and oxygen atoms in total. The highest BCUT2D eigenvalue weighted by atomic mass is 79.9. The van der Waals surface area contributed by atoms with Gasteiger partial charge in [-0.2, -0.15) is 0 Å². The van der Waals surface area contributed by atoms with Crippen LogP contribution in [0.4, 0.5) is 0 Å². The number of rotatable bonds is 5. The van der Waals surface area contributed by atoms with Gasteiger partial charge in [-0.05, 0) is 41.4 Å². The van der Waals surface area contributed by atoms with Crippen LogP contribution in [0.5, 0.6) is 0 Å². The van der Waals surface area contributed by atoms with E-state index in [9.17, 15) is 4.79 Å². The quantitative estimate of drug-likeness (QED) is 0.831. The van der Waals surface area contributed by atoms with Crippen LogP contribution in [0.25, 0.3) is 10.9 Å². The number of amides is 1. The van der Waals surface area contributed by atoms with Crippen molar-refractivity contribution in [2.24, 2.45) is 0 Å². The zero-order chi connectivity index (χ0) is 13.8. The van der Waals surface area contributed by atoms with Gasteiger partial charge in [-0.3, -0.25) is 4.79 Å². The molecule has 0 unspecified atom stereocenters. The second kappa shape index (κ2) is 6.24. The molecule has 0 spiro atoms. The van der Waals surface area contributed by atoms with Crippen molar-refractivity contribution in [3.63, 3.8) is 0 Å². The van der Waals surface area contributed by atoms with Crippen LogP contribution in [0.1, 0.15) is 37.2 Å². The molecule has 1 amide bonds. The molecule has 2 aromatic rings. The predicted molar refractivity (Wildman–Crippen MR) is 82.6 cm³/mol. The maximum Gasteiger partial charge on any atom is 0.267 e. The Morgan fingerprint density at radius 2 is 2.16 bits per heavy atom. The van der Waals surface area contributed by atoms with Crippen LogP contribution in [0.2, 0.25) is 0 Å². The maximum absolute atomic E-state index is 12.2. The average molecular weight is 323 g/mol. The summed E-state index contributed by atoms with van der Waals surface area (Å²) in [4.78, 5) is 12.2. The van der Waals surface area contributed by atoms with Gasteiger partial charge in [-0.15, -0.1) is 0 Å². The number of unbranched alkanes of at least 4 members (excludes halogenated alkanes) is 1. The molecule has 1 aromatic heterocycles. The minimum Gasteiger partial charge on any atom is -0.351 e. The fraction of sp³-hybridized carbons (Fsp3) is 0.400. The first-order valence-corrected chi connectivity index (χ1v) is 7.54. The van der Waals surface area contributed by atoms with Gasteiger partial charge in [0.1, 0.15) is 5.69 Å². The Hall–Kier alpha value is -1.29. The molecule has 0 saturated heterocycles. The lowest BCUT2D eigenvalue weighted by Gasteiger charge is -2.09. The topological polar surface area (TPSA) is 34.0 Å². The number of nitrogens with one attached hydrogen (secondary N) is 1. The van der Waals surface area contributed by atoms with Crippen LogP contribution in [-0.2, 0) is 6.54 Å². The summed E-state index contributed by atoms with van der Waals surface area (Å²) in [5.41, 5.74) is 1.83. The number of aromatic nitrogens is 1. The fourth-order valence-electron chi connectivity index (χ4n) is 2.26. The lowest BCUT2D eigenvalue weighted by molar-refractivity contribution is 0.0944. The van der Waals surface area contributed by atoms with Crippen LogP contribution in [-0.4, -0.2) is 17.0 Å². The van der Waals surface area contributed by atoms with E-state index in [-0.39, 0.29) is 5.91 Å². The zero-order valence-corrected chi connectivity index (χ0v) is 13.0. The third kappa shape index (κ3) is 2.84. The molecule has 2 rings (SSSR count). The van der Waals surface area contributed by atoms with Gasteiger partial charge >= 0.3 is 0 Å². The molecular formula is C15H19BrN2O. The summed E-state index contributed by atoms with van der Waals surface area (Å²) < 4.78 is 3.08. The third-order valence-electron chi connectivity index (χ3n) is 3.24. The van der Waals surface area contributed by atoms with Crippen molar-refractivity contribution in [2.75, 3.05) is 6.54 Å². The Bertz CT molecular complexity index is 589. The van der Waals surface area contributed by atoms with Crippen molar-refractivity contribution < 1.29 is 4.79 Å². The van der Waals surface area contributed by atoms with Gasteiger partial charge < -0.3 is 9.88 Å². The predicted octanol–water partition coefficient (Wildman–Crippen LogP) is 3.95. The first-order valence-electron chi connectivity index (χ1n) is 6.75. The van der Waals surface area contributed by atoms with Crippen LogP contribution in [0.3, 0.4) is 0 Å². The first-order chi connectivity index (χ1) is 9.19. The van der Waals surface area contributed by atoms with Gasteiger partial charge in [0.15, 0.2) is 0 Å². The molecule has 0 saturated carbocycles. The smallest absolute Gasteiger partial charge is 0.267 e. The van der Waals surface area contributed by atoms with Crippen molar-refractivity contribution in [1.82, 2.24) is 9.88 Å². The minimum absolute atomic E-state index is 0.0124. The summed E-state index contributed by atoms with van der Waals surface area (Å²) in [6.45, 7) is 5.69. The Kier molecular flexibility index (Phi) is 4.64. The molecule has 0 fully saturated rings. The lowest BCUT2D eigenvalue weighted by Crippen LogP contribution is -2.26. The van der Waals surface area contributed by atoms with E-state index in [0.29, 0.717) is 0 Å². The van der Waals surface area contributed by atoms with E-state index >= 15 is 0 Å². The van der Waals surface area contributed by atoms with E-state index in [0.717, 1.165) is 47.0 Å². The summed E-state index contributed by atoms with van der Waals surface area (Å²) >= 11 is 3.56. The van der Waals surface area contributed by atoms with E-state index in [1.165, 1.54) is 0 Å². The number of hydrogen-bond donors (Lipinski definition) is 1. The van der Waals surface area contributed by atoms with Crippen LogP contribution in [0.15, 0.2) is 28.7 Å². The molecule has 19 heavy (non-hydrogen) atoms. The van der Waals surface area contributed by atoms with Crippen molar-refractivity contribution in [3.05, 3.63) is 34.4 Å². The van der Waals surface area contributed by atoms with Gasteiger partial charge in [0.25, 0.3) is 5.91 Å². The van der Waals surface area contributed by atoms with Crippen LogP contribution < -0.4 is 5.32 Å². The highest BCUT2D eigenvalue weighted by Gasteiger charge is 2.15. The third-order valence-corrected chi connectivity index (χ3v) is 3.88. The Labute approximate surface area is 122 Å². The SMILES string of the molecule is CCCCNC(=O)c1cc2cccc(Br)c2n1CC. The first kappa shape index (κ1) is 14.1. The van der Waals surface area contributed by atoms with Crippen LogP contribution in [0, 0.1) is 0 Å². The summed E-state index contributed by atoms with van der Waals surface area (Å²) in [5, 5.41) is 4.07. The Balaban J connectivity index is 2.37. The second-order valence-corrected chi connectivity index (χ2v) is 5.42. The molecule has 0 aliphatic heterocycles. The molecule has 0 aliphatic carbocycles. The highest BCUT2D eigenvalue weighted by molar-refractivity contribution is 9.10. The monoisotopic (exact) mass is 322 g/mol. The molecule has 1 N–H and O–H groups in total. The van der Waals surface area contributed by atoms with E-state index in [1.54, 1.807) is 0 Å². The molecule has 0 aliphatic rings. The molecule has 0 bridgehead atoms. The number of carbonyl (C=O) groups excluding carboxylic acids is 1. The number of carbonyl (C=O) groups is 1. The standard InChI is InChI=1S/C15H19BrN2O/c1-3-5-9-17-15(19)13-10-11-7-6-8-12(16)14(11)18(13)4-2/h6-8,10H,3-5,9H2,1-2H3,(H,17,19). The molecule has 0 radical (unpaired) electrons. The second-order valence-electron chi connectivity index (χ2n) is 4.56. The maximum atomic E-state index is 12.2. The molecule has 1 aromatic carbocycles. The van der Waals surface area contributed by atoms with Gasteiger partial charge in [-0.1, -0.05) is 25.5 Å². The van der Waals surface area contributed by atoms with Crippen molar-refractivity contribution in [3.8, 4) is 0 Å². The van der Waals surface area contributed by atoms with Gasteiger partial charge in [0.05, 0.1) is 5.52 Å². The van der Waals surface area contributed by atoms with E-state index < -0.39 is 0 Å². The Morgan fingerprint density at radius 1 is 1.37 bits per heavy atom. The number of hydrogen-bond acceptors (Lipinski definition) is 1.